The number of carboxylic acid groups (broad SMARTS) is 1. The van der Waals surface area contributed by atoms with Crippen LogP contribution >= 0.6 is 11.3 Å². The number of nitrogens with two attached hydrogens (primary N) is 1. The first-order valence-electron chi connectivity index (χ1n) is 16.2. The van der Waals surface area contributed by atoms with Crippen molar-refractivity contribution in [3.63, 3.8) is 0 Å². The van der Waals surface area contributed by atoms with Gasteiger partial charge in [-0.25, -0.2) is 4.79 Å². The molecule has 4 fully saturated rings. The van der Waals surface area contributed by atoms with Crippen LogP contribution in [0.4, 0.5) is 0 Å². The Bertz CT molecular complexity index is 1720. The van der Waals surface area contributed by atoms with Crippen LogP contribution < -0.4 is 10.5 Å². The molecule has 1 aromatic heterocycles. The van der Waals surface area contributed by atoms with E-state index in [1.54, 1.807) is 18.3 Å². The Hall–Kier alpha value is -3.47. The summed E-state index contributed by atoms with van der Waals surface area (Å²) in [6.45, 7) is 7.24. The zero-order valence-corrected chi connectivity index (χ0v) is 26.8. The quantitative estimate of drug-likeness (QED) is 0.212. The highest BCUT2D eigenvalue weighted by Gasteiger charge is 2.60. The molecule has 3 aromatic rings. The molecule has 9 nitrogen and oxygen atoms in total. The Labute approximate surface area is 266 Å². The maximum atomic E-state index is 12.7. The number of aliphatic hydroxyl groups is 1. The summed E-state index contributed by atoms with van der Waals surface area (Å²) in [4.78, 5) is 38.0. The molecule has 10 heteroatoms. The van der Waals surface area contributed by atoms with Gasteiger partial charge >= 0.3 is 5.97 Å². The third-order valence-electron chi connectivity index (χ3n) is 11.5. The monoisotopic (exact) mass is 632 g/mol. The lowest BCUT2D eigenvalue weighted by Crippen LogP contribution is -2.63. The highest BCUT2D eigenvalue weighted by Crippen LogP contribution is 2.49. The Morgan fingerprint density at radius 2 is 1.87 bits per heavy atom. The van der Waals surface area contributed by atoms with Crippen LogP contribution in [0, 0.1) is 17.3 Å². The SMILES string of the molecule is CC(O)C1C(=O)N2C(C(=O)O)=C(COc3cccc4sc5c(CCCC67CC[N+](CC(N)=O)(CC6)CC7)cccc5c34)[C@H](C)C12. The molecule has 5 aliphatic rings. The van der Waals surface area contributed by atoms with E-state index in [0.717, 1.165) is 52.4 Å². The van der Waals surface area contributed by atoms with E-state index in [0.29, 0.717) is 23.3 Å². The molecule has 45 heavy (non-hydrogen) atoms. The number of carbonyl (C=O) groups excluding carboxylic acids is 2. The van der Waals surface area contributed by atoms with Gasteiger partial charge in [0, 0.05) is 50.9 Å². The van der Waals surface area contributed by atoms with E-state index in [9.17, 15) is 24.6 Å². The average Bonchev–Trinajstić information content (AvgIpc) is 3.50. The Balaban J connectivity index is 1.08. The second kappa shape index (κ2) is 11.1. The second-order valence-corrected chi connectivity index (χ2v) is 15.0. The number of primary amides is 1. The summed E-state index contributed by atoms with van der Waals surface area (Å²) in [5.74, 6) is -1.79. The first-order chi connectivity index (χ1) is 21.5. The predicted molar refractivity (Wildman–Crippen MR) is 173 cm³/mol. The van der Waals surface area contributed by atoms with Gasteiger partial charge in [0.1, 0.15) is 18.1 Å². The summed E-state index contributed by atoms with van der Waals surface area (Å²) >= 11 is 1.77. The van der Waals surface area contributed by atoms with Crippen molar-refractivity contribution in [2.45, 2.75) is 64.5 Å². The number of fused-ring (bicyclic) bond motifs is 7. The number of aryl methyl sites for hydroxylation is 1. The summed E-state index contributed by atoms with van der Waals surface area (Å²) < 4.78 is 9.67. The lowest BCUT2D eigenvalue weighted by Gasteiger charge is -2.54. The van der Waals surface area contributed by atoms with Gasteiger partial charge in [-0.1, -0.05) is 31.2 Å². The maximum absolute atomic E-state index is 12.7. The summed E-state index contributed by atoms with van der Waals surface area (Å²) in [5.41, 5.74) is 7.86. The van der Waals surface area contributed by atoms with Crippen LogP contribution in [0.2, 0.25) is 0 Å². The van der Waals surface area contributed by atoms with Crippen LogP contribution in [0.1, 0.15) is 51.5 Å². The molecule has 5 aliphatic heterocycles. The number of benzene rings is 2. The first-order valence-corrected chi connectivity index (χ1v) is 17.0. The van der Waals surface area contributed by atoms with Crippen molar-refractivity contribution in [2.24, 2.45) is 23.0 Å². The standard InChI is InChI=1S/C35H41N3O6S/c1-20-24(31(34(42)43)37-30(20)28(21(2)39)33(37)41)19-44-25-9-4-10-26-29(25)23-8-3-6-22(32(23)45-26)7-5-11-35-12-15-38(16-13-35,17-14-35)18-27(36)40/h3-4,6,8-10,20-21,28,30,39H,5,7,11-19H2,1-2H3,(H2-,36,40,42,43)/p+1/t20-,21?,28?,30?,35?,38?/m0/s1. The molecule has 238 valence electrons. The fraction of sp³-hybridized carbons (Fsp3) is 0.514. The number of aliphatic hydroxyl groups excluding tert-OH is 1. The van der Waals surface area contributed by atoms with Crippen LogP contribution in [-0.2, 0) is 20.8 Å². The average molecular weight is 633 g/mol. The normalized spacial score (nSPS) is 29.7. The molecule has 4 atom stereocenters. The molecule has 4 saturated heterocycles. The lowest BCUT2D eigenvalue weighted by molar-refractivity contribution is -0.938. The highest BCUT2D eigenvalue weighted by molar-refractivity contribution is 7.26. The molecule has 2 amide bonds. The van der Waals surface area contributed by atoms with Crippen LogP contribution in [0.5, 0.6) is 5.75 Å². The maximum Gasteiger partial charge on any atom is 0.352 e. The number of hydrogen-bond acceptors (Lipinski definition) is 6. The van der Waals surface area contributed by atoms with Gasteiger partial charge in [-0.3, -0.25) is 9.59 Å². The van der Waals surface area contributed by atoms with Gasteiger partial charge < -0.3 is 30.1 Å². The molecule has 3 unspecified atom stereocenters. The number of nitrogens with zero attached hydrogens (tertiary/aromatic N) is 2. The van der Waals surface area contributed by atoms with Crippen molar-refractivity contribution in [1.82, 2.24) is 4.90 Å². The van der Waals surface area contributed by atoms with Gasteiger partial charge in [-0.15, -0.1) is 11.3 Å². The molecular formula is C35H42N3O6S+. The molecule has 4 N–H and O–H groups in total. The minimum Gasteiger partial charge on any atom is -0.488 e. The van der Waals surface area contributed by atoms with Gasteiger partial charge in [0.2, 0.25) is 5.91 Å². The minimum atomic E-state index is -1.14. The summed E-state index contributed by atoms with van der Waals surface area (Å²) in [7, 11) is 0. The van der Waals surface area contributed by atoms with E-state index in [1.165, 1.54) is 40.8 Å². The Morgan fingerprint density at radius 3 is 2.53 bits per heavy atom. The van der Waals surface area contributed by atoms with E-state index in [-0.39, 0.29) is 36.1 Å². The molecule has 2 aromatic carbocycles. The van der Waals surface area contributed by atoms with Gasteiger partial charge in [-0.2, -0.15) is 0 Å². The van der Waals surface area contributed by atoms with Gasteiger partial charge in [0.15, 0.2) is 6.54 Å². The first kappa shape index (κ1) is 30.2. The third-order valence-corrected chi connectivity index (χ3v) is 12.7. The Morgan fingerprint density at radius 1 is 1.16 bits per heavy atom. The largest absolute Gasteiger partial charge is 0.488 e. The molecule has 0 radical (unpaired) electrons. The molecule has 0 spiro atoms. The van der Waals surface area contributed by atoms with E-state index in [4.69, 9.17) is 10.5 Å². The van der Waals surface area contributed by atoms with Crippen molar-refractivity contribution >= 4 is 49.3 Å². The molecule has 0 aliphatic carbocycles. The summed E-state index contributed by atoms with van der Waals surface area (Å²) in [6, 6.07) is 12.1. The van der Waals surface area contributed by atoms with E-state index < -0.39 is 18.0 Å². The number of β-lactam (4-membered cyclic amide) rings is 1. The fourth-order valence-electron chi connectivity index (χ4n) is 8.91. The number of carboxylic acids is 1. The van der Waals surface area contributed by atoms with Crippen molar-refractivity contribution in [2.75, 3.05) is 32.8 Å². The number of quaternary nitrogens is 1. The molecule has 6 heterocycles. The lowest BCUT2D eigenvalue weighted by atomic mass is 9.67. The van der Waals surface area contributed by atoms with Crippen molar-refractivity contribution in [1.29, 1.82) is 0 Å². The number of hydrogen-bond donors (Lipinski definition) is 3. The van der Waals surface area contributed by atoms with Crippen LogP contribution in [0.25, 0.3) is 20.2 Å². The number of amides is 2. The van der Waals surface area contributed by atoms with E-state index >= 15 is 0 Å². The van der Waals surface area contributed by atoms with Crippen molar-refractivity contribution in [3.8, 4) is 5.75 Å². The number of carbonyl (C=O) groups is 3. The summed E-state index contributed by atoms with van der Waals surface area (Å²) in [6.07, 6.45) is 6.03. The third kappa shape index (κ3) is 4.93. The van der Waals surface area contributed by atoms with Crippen LogP contribution in [0.15, 0.2) is 47.7 Å². The second-order valence-electron chi connectivity index (χ2n) is 14.0. The molecule has 0 saturated carbocycles. The number of ether oxygens (including phenoxy) is 1. The van der Waals surface area contributed by atoms with Crippen molar-refractivity contribution in [3.05, 3.63) is 53.2 Å². The zero-order chi connectivity index (χ0) is 31.7. The molecule has 2 bridgehead atoms. The highest BCUT2D eigenvalue weighted by atomic mass is 32.1. The van der Waals surface area contributed by atoms with Gasteiger partial charge in [0.25, 0.3) is 5.91 Å². The van der Waals surface area contributed by atoms with E-state index in [1.807, 2.05) is 19.1 Å². The fourth-order valence-corrected chi connectivity index (χ4v) is 10.2. The van der Waals surface area contributed by atoms with E-state index in [2.05, 4.69) is 24.3 Å². The topological polar surface area (TPSA) is 130 Å². The number of thiophene rings is 1. The van der Waals surface area contributed by atoms with Gasteiger partial charge in [-0.05, 0) is 49.3 Å². The summed E-state index contributed by atoms with van der Waals surface area (Å²) in [5, 5.41) is 22.4. The van der Waals surface area contributed by atoms with Gasteiger partial charge in [0.05, 0.1) is 37.7 Å². The number of aliphatic carboxylic acids is 1. The zero-order valence-electron chi connectivity index (χ0n) is 26.0. The van der Waals surface area contributed by atoms with Crippen molar-refractivity contribution < 1.29 is 33.8 Å². The van der Waals surface area contributed by atoms with Crippen LogP contribution in [-0.4, -0.2) is 82.3 Å². The number of piperidine rings is 3. The van der Waals surface area contributed by atoms with Crippen LogP contribution in [0.3, 0.4) is 0 Å². The Kier molecular flexibility index (Phi) is 7.45. The molecule has 8 rings (SSSR count). The number of rotatable bonds is 11. The predicted octanol–water partition coefficient (Wildman–Crippen LogP) is 4.44. The molecular weight excluding hydrogens is 590 g/mol. The smallest absolute Gasteiger partial charge is 0.352 e. The minimum absolute atomic E-state index is 0.00746.